The molecule has 0 saturated carbocycles. The number of benzene rings is 4. The molecule has 1 saturated heterocycles. The third kappa shape index (κ3) is 3.71. The standard InChI is InChI=1S/C35H27ClN2O4/c1-19-15-17-21(18-16-19)32(39)20(2)37(33(40)26-13-7-8-14-27(26)36)38-34(41)30-28-22-9-3-4-10-23(22)29(31(30)35(38)42)25-12-6-5-11-24(25)28/h3-18,20,28-31H,1-2H3/t20-,28?,29?,30+,31+/m0/s1. The summed E-state index contributed by atoms with van der Waals surface area (Å²) in [5, 5.41) is 2.16. The van der Waals surface area contributed by atoms with Gasteiger partial charge in [0, 0.05) is 17.4 Å². The monoisotopic (exact) mass is 574 g/mol. The summed E-state index contributed by atoms with van der Waals surface area (Å²) >= 11 is 6.44. The molecule has 208 valence electrons. The summed E-state index contributed by atoms with van der Waals surface area (Å²) in [5.41, 5.74) is 5.56. The summed E-state index contributed by atoms with van der Waals surface area (Å²) in [5.74, 6) is -4.10. The molecule has 4 aliphatic rings. The lowest BCUT2D eigenvalue weighted by molar-refractivity contribution is -0.156. The normalized spacial score (nSPS) is 22.3. The van der Waals surface area contributed by atoms with Crippen LogP contribution in [0.5, 0.6) is 0 Å². The van der Waals surface area contributed by atoms with E-state index >= 15 is 0 Å². The number of aryl methyl sites for hydroxylation is 1. The Labute approximate surface area is 248 Å². The Morgan fingerprint density at radius 1 is 0.714 bits per heavy atom. The zero-order chi connectivity index (χ0) is 29.3. The topological polar surface area (TPSA) is 74.8 Å². The Morgan fingerprint density at radius 3 is 1.64 bits per heavy atom. The van der Waals surface area contributed by atoms with Crippen LogP contribution in [0.15, 0.2) is 97.1 Å². The highest BCUT2D eigenvalue weighted by Crippen LogP contribution is 2.61. The van der Waals surface area contributed by atoms with E-state index in [1.807, 2.05) is 67.6 Å². The highest BCUT2D eigenvalue weighted by Gasteiger charge is 2.63. The number of hydrogen-bond donors (Lipinski definition) is 0. The minimum atomic E-state index is -1.16. The smallest absolute Gasteiger partial charge is 0.275 e. The third-order valence-corrected chi connectivity index (χ3v) is 9.36. The first kappa shape index (κ1) is 26.4. The summed E-state index contributed by atoms with van der Waals surface area (Å²) in [4.78, 5) is 57.1. The van der Waals surface area contributed by atoms with Crippen LogP contribution in [0.2, 0.25) is 5.02 Å². The lowest BCUT2D eigenvalue weighted by Gasteiger charge is -2.45. The van der Waals surface area contributed by atoms with Gasteiger partial charge in [-0.25, -0.2) is 5.01 Å². The number of nitrogens with zero attached hydrogens (tertiary/aromatic N) is 2. The summed E-state index contributed by atoms with van der Waals surface area (Å²) < 4.78 is 0. The molecule has 1 aliphatic heterocycles. The number of ketones is 1. The first-order chi connectivity index (χ1) is 20.3. The number of hydrogen-bond acceptors (Lipinski definition) is 4. The van der Waals surface area contributed by atoms with Crippen LogP contribution in [-0.4, -0.2) is 39.6 Å². The first-order valence-corrected chi connectivity index (χ1v) is 14.4. The molecule has 0 spiro atoms. The molecule has 1 fully saturated rings. The summed E-state index contributed by atoms with van der Waals surface area (Å²) in [7, 11) is 0. The minimum Gasteiger partial charge on any atom is -0.292 e. The van der Waals surface area contributed by atoms with E-state index in [1.54, 1.807) is 37.3 Å². The Morgan fingerprint density at radius 2 is 1.17 bits per heavy atom. The number of rotatable bonds is 5. The van der Waals surface area contributed by atoms with Crippen molar-refractivity contribution in [3.8, 4) is 0 Å². The number of halogens is 1. The Balaban J connectivity index is 1.36. The SMILES string of the molecule is Cc1ccc(C(=O)[C@H](C)N(C(=O)c2ccccc2Cl)N2C(=O)[C@@H]3C4c5ccccc5C(c5ccccc54)[C@H]3C2=O)cc1. The number of Topliss-reactive ketones (excluding diaryl/α,β-unsaturated/α-hetero) is 1. The van der Waals surface area contributed by atoms with Crippen LogP contribution >= 0.6 is 11.6 Å². The molecule has 4 aromatic rings. The van der Waals surface area contributed by atoms with E-state index < -0.39 is 35.6 Å². The van der Waals surface area contributed by atoms with Crippen molar-refractivity contribution >= 4 is 35.1 Å². The van der Waals surface area contributed by atoms with Crippen molar-refractivity contribution in [2.24, 2.45) is 11.8 Å². The molecule has 3 amide bonds. The fourth-order valence-electron chi connectivity index (χ4n) is 7.14. The van der Waals surface area contributed by atoms with E-state index in [0.29, 0.717) is 5.56 Å². The molecule has 2 bridgehead atoms. The number of amides is 3. The van der Waals surface area contributed by atoms with Crippen LogP contribution in [0.25, 0.3) is 0 Å². The fraction of sp³-hybridized carbons (Fsp3) is 0.200. The maximum atomic E-state index is 14.5. The third-order valence-electron chi connectivity index (χ3n) is 9.04. The summed E-state index contributed by atoms with van der Waals surface area (Å²) in [6, 6.07) is 28.2. The van der Waals surface area contributed by atoms with Gasteiger partial charge in [-0.2, -0.15) is 5.01 Å². The van der Waals surface area contributed by atoms with Crippen molar-refractivity contribution in [3.05, 3.63) is 141 Å². The van der Waals surface area contributed by atoms with Gasteiger partial charge in [0.25, 0.3) is 17.7 Å². The predicted octanol–water partition coefficient (Wildman–Crippen LogP) is 6.17. The zero-order valence-corrected chi connectivity index (χ0v) is 23.8. The molecular weight excluding hydrogens is 548 g/mol. The van der Waals surface area contributed by atoms with Gasteiger partial charge in [-0.05, 0) is 48.2 Å². The van der Waals surface area contributed by atoms with Crippen LogP contribution in [0.3, 0.4) is 0 Å². The quantitative estimate of drug-likeness (QED) is 0.211. The maximum Gasteiger partial charge on any atom is 0.275 e. The number of carbonyl (C=O) groups is 4. The highest BCUT2D eigenvalue weighted by atomic mass is 35.5. The van der Waals surface area contributed by atoms with Crippen LogP contribution in [0.1, 0.15) is 67.3 Å². The average Bonchev–Trinajstić information content (AvgIpc) is 3.27. The maximum absolute atomic E-state index is 14.5. The summed E-state index contributed by atoms with van der Waals surface area (Å²) in [6.45, 7) is 3.47. The first-order valence-electron chi connectivity index (χ1n) is 14.0. The van der Waals surface area contributed by atoms with E-state index in [2.05, 4.69) is 0 Å². The van der Waals surface area contributed by atoms with Crippen molar-refractivity contribution in [1.82, 2.24) is 10.0 Å². The van der Waals surface area contributed by atoms with E-state index in [1.165, 1.54) is 6.07 Å². The zero-order valence-electron chi connectivity index (χ0n) is 23.0. The number of hydrazine groups is 1. The van der Waals surface area contributed by atoms with E-state index in [-0.39, 0.29) is 28.2 Å². The van der Waals surface area contributed by atoms with Gasteiger partial charge in [0.2, 0.25) is 0 Å². The van der Waals surface area contributed by atoms with Crippen LogP contribution < -0.4 is 0 Å². The molecule has 0 N–H and O–H groups in total. The van der Waals surface area contributed by atoms with Gasteiger partial charge in [0.1, 0.15) is 6.04 Å². The molecule has 4 aromatic carbocycles. The Kier molecular flexibility index (Phi) is 6.13. The lowest BCUT2D eigenvalue weighted by atomic mass is 9.55. The second-order valence-electron chi connectivity index (χ2n) is 11.3. The fourth-order valence-corrected chi connectivity index (χ4v) is 7.36. The number of carbonyl (C=O) groups excluding carboxylic acids is 4. The predicted molar refractivity (Wildman–Crippen MR) is 158 cm³/mol. The molecule has 3 aliphatic carbocycles. The Hall–Kier alpha value is -4.55. The molecule has 8 rings (SSSR count). The van der Waals surface area contributed by atoms with Gasteiger partial charge in [-0.3, -0.25) is 19.2 Å². The number of imide groups is 1. The van der Waals surface area contributed by atoms with Gasteiger partial charge in [-0.1, -0.05) is 102 Å². The van der Waals surface area contributed by atoms with Gasteiger partial charge in [-0.15, -0.1) is 0 Å². The Bertz CT molecular complexity index is 1680. The van der Waals surface area contributed by atoms with Crippen LogP contribution in [-0.2, 0) is 9.59 Å². The van der Waals surface area contributed by atoms with Crippen molar-refractivity contribution in [2.75, 3.05) is 0 Å². The molecule has 6 nitrogen and oxygen atoms in total. The van der Waals surface area contributed by atoms with Crippen molar-refractivity contribution in [1.29, 1.82) is 0 Å². The minimum absolute atomic E-state index is 0.104. The van der Waals surface area contributed by atoms with E-state index in [9.17, 15) is 19.2 Å². The molecule has 0 unspecified atom stereocenters. The van der Waals surface area contributed by atoms with Crippen molar-refractivity contribution in [3.63, 3.8) is 0 Å². The molecule has 3 atom stereocenters. The van der Waals surface area contributed by atoms with E-state index in [4.69, 9.17) is 11.6 Å². The lowest BCUT2D eigenvalue weighted by Crippen LogP contribution is -2.56. The van der Waals surface area contributed by atoms with Crippen LogP contribution in [0, 0.1) is 18.8 Å². The second-order valence-corrected chi connectivity index (χ2v) is 11.7. The average molecular weight is 575 g/mol. The van der Waals surface area contributed by atoms with E-state index in [0.717, 1.165) is 37.8 Å². The van der Waals surface area contributed by atoms with Gasteiger partial charge < -0.3 is 0 Å². The largest absolute Gasteiger partial charge is 0.292 e. The summed E-state index contributed by atoms with van der Waals surface area (Å²) in [6.07, 6.45) is 0. The molecule has 42 heavy (non-hydrogen) atoms. The van der Waals surface area contributed by atoms with Crippen molar-refractivity contribution in [2.45, 2.75) is 31.7 Å². The molecular formula is C35H27ClN2O4. The highest BCUT2D eigenvalue weighted by molar-refractivity contribution is 6.34. The molecule has 0 aromatic heterocycles. The van der Waals surface area contributed by atoms with Gasteiger partial charge >= 0.3 is 0 Å². The van der Waals surface area contributed by atoms with Gasteiger partial charge in [0.05, 0.1) is 22.4 Å². The second kappa shape index (κ2) is 9.78. The molecule has 7 heteroatoms. The molecule has 1 heterocycles. The van der Waals surface area contributed by atoms with Crippen molar-refractivity contribution < 1.29 is 19.2 Å². The van der Waals surface area contributed by atoms with Gasteiger partial charge in [0.15, 0.2) is 5.78 Å². The van der Waals surface area contributed by atoms with Crippen LogP contribution in [0.4, 0.5) is 0 Å². The molecule has 0 radical (unpaired) electrons.